The van der Waals surface area contributed by atoms with Gasteiger partial charge in [0.15, 0.2) is 0 Å². The molecule has 1 atom stereocenters. The Kier molecular flexibility index (Phi) is 9.17. The summed E-state index contributed by atoms with van der Waals surface area (Å²) in [4.78, 5) is 1.65. The van der Waals surface area contributed by atoms with Crippen LogP contribution in [0.3, 0.4) is 0 Å². The van der Waals surface area contributed by atoms with Crippen LogP contribution in [0.25, 0.3) is 0 Å². The Morgan fingerprint density at radius 2 is 1.78 bits per heavy atom. The van der Waals surface area contributed by atoms with Gasteiger partial charge >= 0.3 is 6.18 Å². The average Bonchev–Trinajstić information content (AvgIpc) is 2.42. The van der Waals surface area contributed by atoms with E-state index in [1.807, 2.05) is 0 Å². The van der Waals surface area contributed by atoms with Gasteiger partial charge in [0.25, 0.3) is 0 Å². The van der Waals surface area contributed by atoms with E-state index < -0.39 is 24.5 Å². The third-order valence-corrected chi connectivity index (χ3v) is 4.00. The van der Waals surface area contributed by atoms with Crippen LogP contribution in [0, 0.1) is 12.7 Å². The first kappa shape index (κ1) is 22.7. The molecule has 2 rings (SSSR count). The van der Waals surface area contributed by atoms with Gasteiger partial charge in [-0.1, -0.05) is 17.7 Å². The Balaban J connectivity index is 0.00000242. The molecule has 9 heteroatoms. The molecule has 1 aromatic rings. The van der Waals surface area contributed by atoms with Crippen molar-refractivity contribution in [2.45, 2.75) is 25.6 Å². The number of piperazine rings is 1. The highest BCUT2D eigenvalue weighted by Crippen LogP contribution is 2.39. The summed E-state index contributed by atoms with van der Waals surface area (Å²) in [6, 6.07) is 1.85. The van der Waals surface area contributed by atoms with Crippen molar-refractivity contribution in [1.29, 1.82) is 0 Å². The van der Waals surface area contributed by atoms with E-state index in [1.54, 1.807) is 4.90 Å². The lowest BCUT2D eigenvalue weighted by atomic mass is 9.98. The molecule has 1 fully saturated rings. The Labute approximate surface area is 150 Å². The first-order chi connectivity index (χ1) is 9.79. The SMILES string of the molecule is Cc1ccc(Cl)c([C@H](CC(F)(F)F)N2CCNCC2)c1F.Cl.Cl. The molecule has 0 aromatic heterocycles. The van der Waals surface area contributed by atoms with Crippen molar-refractivity contribution in [2.24, 2.45) is 0 Å². The number of rotatable bonds is 3. The van der Waals surface area contributed by atoms with Crippen molar-refractivity contribution >= 4 is 36.4 Å². The third-order valence-electron chi connectivity index (χ3n) is 3.67. The molecule has 1 aliphatic rings. The van der Waals surface area contributed by atoms with E-state index in [4.69, 9.17) is 11.6 Å². The van der Waals surface area contributed by atoms with Crippen LogP contribution in [0.5, 0.6) is 0 Å². The van der Waals surface area contributed by atoms with Crippen molar-refractivity contribution in [3.8, 4) is 0 Å². The Bertz CT molecular complexity index is 506. The number of hydrogen-bond acceptors (Lipinski definition) is 2. The van der Waals surface area contributed by atoms with Gasteiger partial charge in [-0.05, 0) is 18.6 Å². The topological polar surface area (TPSA) is 15.3 Å². The second kappa shape index (κ2) is 9.28. The van der Waals surface area contributed by atoms with Gasteiger partial charge in [-0.15, -0.1) is 24.8 Å². The highest BCUT2D eigenvalue weighted by Gasteiger charge is 2.38. The first-order valence-corrected chi connectivity index (χ1v) is 7.13. The maximum absolute atomic E-state index is 14.3. The van der Waals surface area contributed by atoms with Crippen LogP contribution in [-0.4, -0.2) is 37.3 Å². The van der Waals surface area contributed by atoms with Crippen LogP contribution in [0.4, 0.5) is 17.6 Å². The smallest absolute Gasteiger partial charge is 0.314 e. The van der Waals surface area contributed by atoms with E-state index in [-0.39, 0.29) is 35.4 Å². The fourth-order valence-electron chi connectivity index (χ4n) is 2.61. The molecule has 2 nitrogen and oxygen atoms in total. The van der Waals surface area contributed by atoms with Gasteiger partial charge in [0.1, 0.15) is 5.82 Å². The zero-order valence-electron chi connectivity index (χ0n) is 12.4. The summed E-state index contributed by atoms with van der Waals surface area (Å²) in [5.41, 5.74) is 0.257. The quantitative estimate of drug-likeness (QED) is 0.754. The molecule has 0 unspecified atom stereocenters. The number of nitrogens with one attached hydrogen (secondary N) is 1. The fourth-order valence-corrected chi connectivity index (χ4v) is 2.88. The van der Waals surface area contributed by atoms with Crippen LogP contribution >= 0.6 is 36.4 Å². The van der Waals surface area contributed by atoms with E-state index in [2.05, 4.69) is 5.32 Å². The van der Waals surface area contributed by atoms with Gasteiger partial charge in [-0.25, -0.2) is 4.39 Å². The van der Waals surface area contributed by atoms with Gasteiger partial charge in [0, 0.05) is 42.8 Å². The van der Waals surface area contributed by atoms with E-state index in [0.717, 1.165) is 0 Å². The van der Waals surface area contributed by atoms with E-state index in [1.165, 1.54) is 19.1 Å². The standard InChI is InChI=1S/C14H17ClF4N2.2ClH/c1-9-2-3-10(15)12(13(9)16)11(8-14(17,18)19)21-6-4-20-5-7-21;;/h2-3,11,20H,4-8H2,1H3;2*1H/t11-;;/m0../s1. The third kappa shape index (κ3) is 5.94. The molecule has 0 radical (unpaired) electrons. The summed E-state index contributed by atoms with van der Waals surface area (Å²) in [5, 5.41) is 3.12. The maximum Gasteiger partial charge on any atom is 0.390 e. The minimum Gasteiger partial charge on any atom is -0.314 e. The van der Waals surface area contributed by atoms with Crippen molar-refractivity contribution in [2.75, 3.05) is 26.2 Å². The fraction of sp³-hybridized carbons (Fsp3) is 0.571. The van der Waals surface area contributed by atoms with E-state index in [9.17, 15) is 17.6 Å². The summed E-state index contributed by atoms with van der Waals surface area (Å²) >= 11 is 5.99. The molecule has 1 N–H and O–H groups in total. The predicted octanol–water partition coefficient (Wildman–Crippen LogP) is 4.53. The molecule has 1 saturated heterocycles. The van der Waals surface area contributed by atoms with E-state index in [0.29, 0.717) is 31.7 Å². The Morgan fingerprint density at radius 3 is 2.30 bits per heavy atom. The molecule has 23 heavy (non-hydrogen) atoms. The molecular weight excluding hydrogens is 379 g/mol. The summed E-state index contributed by atoms with van der Waals surface area (Å²) in [6.45, 7) is 3.56. The summed E-state index contributed by atoms with van der Waals surface area (Å²) in [6.07, 6.45) is -5.48. The molecule has 0 amide bonds. The lowest BCUT2D eigenvalue weighted by Crippen LogP contribution is -2.46. The lowest BCUT2D eigenvalue weighted by molar-refractivity contribution is -0.149. The zero-order chi connectivity index (χ0) is 15.6. The molecule has 0 aliphatic carbocycles. The summed E-state index contributed by atoms with van der Waals surface area (Å²) < 4.78 is 53.1. The lowest BCUT2D eigenvalue weighted by Gasteiger charge is -2.36. The highest BCUT2D eigenvalue weighted by molar-refractivity contribution is 6.31. The summed E-state index contributed by atoms with van der Waals surface area (Å²) in [7, 11) is 0. The van der Waals surface area contributed by atoms with Crippen LogP contribution in [0.1, 0.15) is 23.6 Å². The van der Waals surface area contributed by atoms with Gasteiger partial charge in [0.05, 0.1) is 6.42 Å². The highest BCUT2D eigenvalue weighted by atomic mass is 35.5. The molecular formula is C14H19Cl3F4N2. The molecule has 0 bridgehead atoms. The number of alkyl halides is 3. The zero-order valence-corrected chi connectivity index (χ0v) is 14.8. The number of aryl methyl sites for hydroxylation is 1. The molecule has 0 saturated carbocycles. The monoisotopic (exact) mass is 396 g/mol. The minimum absolute atomic E-state index is 0. The predicted molar refractivity (Wildman–Crippen MR) is 88.5 cm³/mol. The molecule has 1 aromatic carbocycles. The normalized spacial score (nSPS) is 17.1. The number of nitrogens with zero attached hydrogens (tertiary/aromatic N) is 1. The van der Waals surface area contributed by atoms with Crippen LogP contribution < -0.4 is 5.32 Å². The van der Waals surface area contributed by atoms with Gasteiger partial charge in [-0.2, -0.15) is 13.2 Å². The minimum atomic E-state index is -4.38. The number of halogens is 7. The largest absolute Gasteiger partial charge is 0.390 e. The molecule has 134 valence electrons. The van der Waals surface area contributed by atoms with E-state index >= 15 is 0 Å². The number of benzene rings is 1. The molecule has 0 spiro atoms. The van der Waals surface area contributed by atoms with Gasteiger partial charge < -0.3 is 5.32 Å². The van der Waals surface area contributed by atoms with Crippen LogP contribution in [0.2, 0.25) is 5.02 Å². The first-order valence-electron chi connectivity index (χ1n) is 6.75. The summed E-state index contributed by atoms with van der Waals surface area (Å²) in [5.74, 6) is -0.643. The average molecular weight is 398 g/mol. The second-order valence-electron chi connectivity index (χ2n) is 5.21. The Morgan fingerprint density at radius 1 is 1.22 bits per heavy atom. The second-order valence-corrected chi connectivity index (χ2v) is 5.62. The molecule has 1 aliphatic heterocycles. The van der Waals surface area contributed by atoms with Crippen molar-refractivity contribution in [1.82, 2.24) is 10.2 Å². The number of hydrogen-bond donors (Lipinski definition) is 1. The van der Waals surface area contributed by atoms with Crippen LogP contribution in [0.15, 0.2) is 12.1 Å². The van der Waals surface area contributed by atoms with Crippen molar-refractivity contribution in [3.63, 3.8) is 0 Å². The molecule has 1 heterocycles. The maximum atomic E-state index is 14.3. The van der Waals surface area contributed by atoms with Crippen LogP contribution in [-0.2, 0) is 0 Å². The van der Waals surface area contributed by atoms with Gasteiger partial charge in [-0.3, -0.25) is 4.90 Å². The Hall–Kier alpha value is -0.270. The van der Waals surface area contributed by atoms with Gasteiger partial charge in [0.2, 0.25) is 0 Å². The van der Waals surface area contributed by atoms with Crippen molar-refractivity contribution < 1.29 is 17.6 Å². The van der Waals surface area contributed by atoms with Crippen molar-refractivity contribution in [3.05, 3.63) is 34.1 Å².